The zero-order chi connectivity index (χ0) is 12.3. The van der Waals surface area contributed by atoms with Crippen LogP contribution in [0.4, 0.5) is 0 Å². The van der Waals surface area contributed by atoms with E-state index in [4.69, 9.17) is 5.21 Å². The van der Waals surface area contributed by atoms with Crippen molar-refractivity contribution in [2.24, 2.45) is 5.16 Å². The Kier molecular flexibility index (Phi) is 3.54. The molecular formula is C13H14N2OS. The van der Waals surface area contributed by atoms with Crippen LogP contribution in [-0.2, 0) is 0 Å². The van der Waals surface area contributed by atoms with Crippen molar-refractivity contribution in [1.29, 1.82) is 0 Å². The molecule has 0 saturated carbocycles. The summed E-state index contributed by atoms with van der Waals surface area (Å²) in [5, 5.41) is 15.2. The van der Waals surface area contributed by atoms with Gasteiger partial charge in [0, 0.05) is 17.1 Å². The lowest BCUT2D eigenvalue weighted by molar-refractivity contribution is 0.318. The fourth-order valence-corrected chi connectivity index (χ4v) is 2.44. The lowest BCUT2D eigenvalue weighted by Gasteiger charge is -2.07. The molecule has 0 fully saturated rings. The van der Waals surface area contributed by atoms with Gasteiger partial charge in [0.25, 0.3) is 0 Å². The van der Waals surface area contributed by atoms with Gasteiger partial charge in [-0.1, -0.05) is 24.2 Å². The molecule has 2 rings (SSSR count). The number of hydrogen-bond donors (Lipinski definition) is 1. The van der Waals surface area contributed by atoms with Crippen LogP contribution in [0.25, 0.3) is 10.6 Å². The van der Waals surface area contributed by atoms with Crippen molar-refractivity contribution >= 4 is 17.0 Å². The molecule has 0 aliphatic carbocycles. The fourth-order valence-electron chi connectivity index (χ4n) is 1.72. The Morgan fingerprint density at radius 2 is 2.29 bits per heavy atom. The summed E-state index contributed by atoms with van der Waals surface area (Å²) in [6.07, 6.45) is 2.50. The molecule has 0 atom stereocenters. The number of rotatable bonds is 3. The van der Waals surface area contributed by atoms with Crippen LogP contribution in [0.2, 0.25) is 0 Å². The molecule has 1 aromatic heterocycles. The van der Waals surface area contributed by atoms with Gasteiger partial charge in [-0.05, 0) is 30.5 Å². The van der Waals surface area contributed by atoms with Crippen molar-refractivity contribution in [3.8, 4) is 10.6 Å². The summed E-state index contributed by atoms with van der Waals surface area (Å²) in [5.74, 6) is 0. The van der Waals surface area contributed by atoms with Gasteiger partial charge in [-0.3, -0.25) is 0 Å². The maximum absolute atomic E-state index is 8.95. The number of benzene rings is 1. The summed E-state index contributed by atoms with van der Waals surface area (Å²) in [4.78, 5) is 4.32. The van der Waals surface area contributed by atoms with Crippen molar-refractivity contribution in [2.75, 3.05) is 0 Å². The fraction of sp³-hybridized carbons (Fsp3) is 0.231. The van der Waals surface area contributed by atoms with E-state index < -0.39 is 0 Å². The van der Waals surface area contributed by atoms with E-state index in [2.05, 4.69) is 17.1 Å². The van der Waals surface area contributed by atoms with E-state index in [1.807, 2.05) is 30.5 Å². The normalized spacial score (nSPS) is 11.8. The predicted octanol–water partition coefficient (Wildman–Crippen LogP) is 3.71. The first-order chi connectivity index (χ1) is 8.26. The Labute approximate surface area is 104 Å². The Bertz CT molecular complexity index is 532. The van der Waals surface area contributed by atoms with E-state index in [1.54, 1.807) is 17.5 Å². The van der Waals surface area contributed by atoms with E-state index in [1.165, 1.54) is 5.56 Å². The summed E-state index contributed by atoms with van der Waals surface area (Å²) in [6, 6.07) is 6.05. The summed E-state index contributed by atoms with van der Waals surface area (Å²) in [6.45, 7) is 4.03. The third kappa shape index (κ3) is 2.36. The van der Waals surface area contributed by atoms with Gasteiger partial charge in [0.2, 0.25) is 0 Å². The Morgan fingerprint density at radius 1 is 1.47 bits per heavy atom. The summed E-state index contributed by atoms with van der Waals surface area (Å²) < 4.78 is 0. The Hall–Kier alpha value is -1.68. The summed E-state index contributed by atoms with van der Waals surface area (Å²) in [7, 11) is 0. The highest BCUT2D eigenvalue weighted by Crippen LogP contribution is 2.26. The Morgan fingerprint density at radius 3 is 2.88 bits per heavy atom. The maximum Gasteiger partial charge on any atom is 0.123 e. The largest absolute Gasteiger partial charge is 0.411 e. The second-order valence-electron chi connectivity index (χ2n) is 3.77. The van der Waals surface area contributed by atoms with E-state index in [-0.39, 0.29) is 0 Å². The van der Waals surface area contributed by atoms with Crippen LogP contribution in [-0.4, -0.2) is 15.9 Å². The molecule has 1 N–H and O–H groups in total. The highest BCUT2D eigenvalue weighted by atomic mass is 32.1. The molecule has 1 heterocycles. The minimum atomic E-state index is 0.697. The van der Waals surface area contributed by atoms with Crippen LogP contribution in [0.15, 0.2) is 34.9 Å². The van der Waals surface area contributed by atoms with E-state index in [9.17, 15) is 0 Å². The van der Waals surface area contributed by atoms with Crippen molar-refractivity contribution in [3.63, 3.8) is 0 Å². The quantitative estimate of drug-likeness (QED) is 0.510. The minimum absolute atomic E-state index is 0.697. The topological polar surface area (TPSA) is 45.5 Å². The van der Waals surface area contributed by atoms with Gasteiger partial charge in [-0.2, -0.15) is 0 Å². The molecule has 88 valence electrons. The van der Waals surface area contributed by atoms with Gasteiger partial charge in [-0.15, -0.1) is 11.3 Å². The maximum atomic E-state index is 8.95. The van der Waals surface area contributed by atoms with E-state index in [0.717, 1.165) is 16.1 Å². The highest BCUT2D eigenvalue weighted by Gasteiger charge is 2.08. The first-order valence-electron chi connectivity index (χ1n) is 5.48. The van der Waals surface area contributed by atoms with Crippen LogP contribution < -0.4 is 0 Å². The van der Waals surface area contributed by atoms with Crippen LogP contribution in [0.5, 0.6) is 0 Å². The predicted molar refractivity (Wildman–Crippen MR) is 70.9 cm³/mol. The number of hydrogen-bond acceptors (Lipinski definition) is 4. The van der Waals surface area contributed by atoms with Gasteiger partial charge >= 0.3 is 0 Å². The zero-order valence-electron chi connectivity index (χ0n) is 9.84. The van der Waals surface area contributed by atoms with Gasteiger partial charge in [0.05, 0.1) is 5.71 Å². The molecule has 2 aromatic rings. The first kappa shape index (κ1) is 11.8. The Balaban J connectivity index is 2.50. The SMILES string of the molecule is CCC(=NO)c1ccc(C)c(-c2nccs2)c1. The zero-order valence-corrected chi connectivity index (χ0v) is 10.7. The number of thiazole rings is 1. The monoisotopic (exact) mass is 246 g/mol. The van der Waals surface area contributed by atoms with Crippen molar-refractivity contribution in [1.82, 2.24) is 4.98 Å². The molecule has 0 bridgehead atoms. The van der Waals surface area contributed by atoms with Gasteiger partial charge in [-0.25, -0.2) is 4.98 Å². The molecular weight excluding hydrogens is 232 g/mol. The minimum Gasteiger partial charge on any atom is -0.411 e. The second kappa shape index (κ2) is 5.10. The molecule has 0 amide bonds. The molecule has 4 heteroatoms. The molecule has 0 aliphatic heterocycles. The van der Waals surface area contributed by atoms with Crippen molar-refractivity contribution < 1.29 is 5.21 Å². The van der Waals surface area contributed by atoms with Crippen molar-refractivity contribution in [2.45, 2.75) is 20.3 Å². The number of nitrogens with zero attached hydrogens (tertiary/aromatic N) is 2. The number of aromatic nitrogens is 1. The standard InChI is InChI=1S/C13H14N2OS/c1-3-12(15-16)10-5-4-9(2)11(8-10)13-14-6-7-17-13/h4-8,16H,3H2,1-2H3. The smallest absolute Gasteiger partial charge is 0.123 e. The molecule has 0 aliphatic rings. The third-order valence-corrected chi connectivity index (χ3v) is 3.50. The molecule has 3 nitrogen and oxygen atoms in total. The van der Waals surface area contributed by atoms with Gasteiger partial charge < -0.3 is 5.21 Å². The van der Waals surface area contributed by atoms with Gasteiger partial charge in [0.15, 0.2) is 0 Å². The third-order valence-electron chi connectivity index (χ3n) is 2.69. The number of oxime groups is 1. The van der Waals surface area contributed by atoms with Crippen molar-refractivity contribution in [3.05, 3.63) is 40.9 Å². The van der Waals surface area contributed by atoms with Crippen LogP contribution >= 0.6 is 11.3 Å². The number of aryl methyl sites for hydroxylation is 1. The van der Waals surface area contributed by atoms with Crippen LogP contribution in [0, 0.1) is 6.92 Å². The molecule has 0 unspecified atom stereocenters. The molecule has 0 radical (unpaired) electrons. The van der Waals surface area contributed by atoms with E-state index in [0.29, 0.717) is 12.1 Å². The average molecular weight is 246 g/mol. The molecule has 0 spiro atoms. The van der Waals surface area contributed by atoms with E-state index >= 15 is 0 Å². The van der Waals surface area contributed by atoms with Crippen LogP contribution in [0.1, 0.15) is 24.5 Å². The molecule has 0 saturated heterocycles. The lowest BCUT2D eigenvalue weighted by atomic mass is 10.0. The van der Waals surface area contributed by atoms with Crippen LogP contribution in [0.3, 0.4) is 0 Å². The highest BCUT2D eigenvalue weighted by molar-refractivity contribution is 7.13. The average Bonchev–Trinajstić information content (AvgIpc) is 2.86. The van der Waals surface area contributed by atoms with Gasteiger partial charge in [0.1, 0.15) is 5.01 Å². The lowest BCUT2D eigenvalue weighted by Crippen LogP contribution is -1.99. The summed E-state index contributed by atoms with van der Waals surface area (Å²) in [5.41, 5.74) is 3.93. The first-order valence-corrected chi connectivity index (χ1v) is 6.36. The molecule has 17 heavy (non-hydrogen) atoms. The summed E-state index contributed by atoms with van der Waals surface area (Å²) >= 11 is 1.61. The molecule has 1 aromatic carbocycles. The second-order valence-corrected chi connectivity index (χ2v) is 4.66.